The zero-order valence-electron chi connectivity index (χ0n) is 8.86. The number of nitrogens with one attached hydrogen (secondary N) is 1. The molecule has 0 radical (unpaired) electrons. The van der Waals surface area contributed by atoms with E-state index in [1.165, 1.54) is 0 Å². The van der Waals surface area contributed by atoms with Gasteiger partial charge in [0.2, 0.25) is 0 Å². The minimum Gasteiger partial charge on any atom is -0.299 e. The molecular weight excluding hydrogens is 264 g/mol. The van der Waals surface area contributed by atoms with Crippen molar-refractivity contribution < 1.29 is 0 Å². The Bertz CT molecular complexity index is 409. The highest BCUT2D eigenvalue weighted by molar-refractivity contribution is 6.44. The quantitative estimate of drug-likeness (QED) is 0.643. The Morgan fingerprint density at radius 2 is 1.94 bits per heavy atom. The third kappa shape index (κ3) is 3.30. The molecule has 0 heterocycles. The number of benzene rings is 1. The minimum absolute atomic E-state index is 0.0196. The summed E-state index contributed by atoms with van der Waals surface area (Å²) in [5, 5.41) is 4.75. The summed E-state index contributed by atoms with van der Waals surface area (Å²) >= 11 is 18.0. The summed E-state index contributed by atoms with van der Waals surface area (Å²) in [5.74, 6) is 2.65. The first-order valence-corrected chi connectivity index (χ1v) is 6.05. The maximum absolute atomic E-state index is 6.06. The molecule has 1 aromatic carbocycles. The molecule has 0 saturated heterocycles. The predicted molar refractivity (Wildman–Crippen MR) is 71.2 cm³/mol. The largest absolute Gasteiger partial charge is 0.299 e. The molecule has 1 atom stereocenters. The van der Waals surface area contributed by atoms with Gasteiger partial charge in [0.25, 0.3) is 0 Å². The fraction of sp³-hybridized carbons (Fsp3) is 0.333. The van der Waals surface area contributed by atoms with Crippen LogP contribution in [0.4, 0.5) is 0 Å². The first-order chi connectivity index (χ1) is 7.60. The molecule has 0 fully saturated rings. The number of rotatable bonds is 4. The van der Waals surface area contributed by atoms with Gasteiger partial charge in [0.1, 0.15) is 0 Å². The second-order valence-electron chi connectivity index (χ2n) is 3.33. The third-order valence-electron chi connectivity index (χ3n) is 2.27. The first kappa shape index (κ1) is 13.7. The molecule has 4 heteroatoms. The van der Waals surface area contributed by atoms with E-state index in [2.05, 4.69) is 11.2 Å². The molecule has 0 aromatic heterocycles. The van der Waals surface area contributed by atoms with Gasteiger partial charge < -0.3 is 0 Å². The van der Waals surface area contributed by atoms with Gasteiger partial charge in [-0.1, -0.05) is 47.6 Å². The molecule has 0 bridgehead atoms. The Balaban J connectivity index is 2.82. The Labute approximate surface area is 111 Å². The molecule has 0 aliphatic carbocycles. The van der Waals surface area contributed by atoms with Crippen molar-refractivity contribution in [3.05, 3.63) is 32.8 Å². The summed E-state index contributed by atoms with van der Waals surface area (Å²) < 4.78 is 0. The van der Waals surface area contributed by atoms with Crippen molar-refractivity contribution in [3.8, 4) is 12.3 Å². The Morgan fingerprint density at radius 1 is 1.31 bits per heavy atom. The van der Waals surface area contributed by atoms with Gasteiger partial charge in [0.15, 0.2) is 0 Å². The maximum Gasteiger partial charge on any atom is 0.0686 e. The van der Waals surface area contributed by atoms with Crippen LogP contribution >= 0.6 is 34.8 Å². The highest BCUT2D eigenvalue weighted by Crippen LogP contribution is 2.31. The van der Waals surface area contributed by atoms with Gasteiger partial charge in [0, 0.05) is 17.1 Å². The van der Waals surface area contributed by atoms with Crippen LogP contribution in [-0.4, -0.2) is 6.04 Å². The molecule has 1 aromatic rings. The SMILES string of the molecule is C#CC(CC)NCc1c(Cl)ccc(Cl)c1Cl. The molecule has 0 amide bonds. The summed E-state index contributed by atoms with van der Waals surface area (Å²) in [4.78, 5) is 0. The van der Waals surface area contributed by atoms with Gasteiger partial charge in [0.05, 0.1) is 16.1 Å². The van der Waals surface area contributed by atoms with Crippen LogP contribution < -0.4 is 5.32 Å². The number of hydrogen-bond acceptors (Lipinski definition) is 1. The van der Waals surface area contributed by atoms with Crippen molar-refractivity contribution in [2.24, 2.45) is 0 Å². The molecule has 1 N–H and O–H groups in total. The Hall–Kier alpha value is -0.390. The van der Waals surface area contributed by atoms with Crippen molar-refractivity contribution in [2.45, 2.75) is 25.9 Å². The third-order valence-corrected chi connectivity index (χ3v) is 3.47. The van der Waals surface area contributed by atoms with Gasteiger partial charge >= 0.3 is 0 Å². The van der Waals surface area contributed by atoms with E-state index in [4.69, 9.17) is 41.2 Å². The normalized spacial score (nSPS) is 12.2. The standard InChI is InChI=1S/C12H12Cl3N/c1-3-8(4-2)16-7-9-10(13)5-6-11(14)12(9)15/h1,5-6,8,16H,4,7H2,2H3. The summed E-state index contributed by atoms with van der Waals surface area (Å²) in [6, 6.07) is 3.42. The second-order valence-corrected chi connectivity index (χ2v) is 4.52. The van der Waals surface area contributed by atoms with Gasteiger partial charge in [-0.3, -0.25) is 5.32 Å². The Kier molecular flexibility index (Phi) is 5.44. The topological polar surface area (TPSA) is 12.0 Å². The average Bonchev–Trinajstić information content (AvgIpc) is 2.29. The van der Waals surface area contributed by atoms with Crippen molar-refractivity contribution in [3.63, 3.8) is 0 Å². The van der Waals surface area contributed by atoms with E-state index in [0.29, 0.717) is 21.6 Å². The molecule has 1 unspecified atom stereocenters. The summed E-state index contributed by atoms with van der Waals surface area (Å²) in [7, 11) is 0. The van der Waals surface area contributed by atoms with Gasteiger partial charge in [-0.15, -0.1) is 6.42 Å². The van der Waals surface area contributed by atoms with Crippen LogP contribution in [0.1, 0.15) is 18.9 Å². The molecule has 16 heavy (non-hydrogen) atoms. The van der Waals surface area contributed by atoms with Crippen LogP contribution in [0.25, 0.3) is 0 Å². The zero-order valence-corrected chi connectivity index (χ0v) is 11.1. The van der Waals surface area contributed by atoms with E-state index in [9.17, 15) is 0 Å². The predicted octanol–water partition coefficient (Wildman–Crippen LogP) is 4.15. The maximum atomic E-state index is 6.06. The van der Waals surface area contributed by atoms with Crippen LogP contribution in [0.5, 0.6) is 0 Å². The van der Waals surface area contributed by atoms with E-state index in [1.54, 1.807) is 12.1 Å². The average molecular weight is 277 g/mol. The molecular formula is C12H12Cl3N. The van der Waals surface area contributed by atoms with Crippen LogP contribution in [0.15, 0.2) is 12.1 Å². The van der Waals surface area contributed by atoms with Crippen molar-refractivity contribution in [1.29, 1.82) is 0 Å². The van der Waals surface area contributed by atoms with Crippen molar-refractivity contribution in [2.75, 3.05) is 0 Å². The van der Waals surface area contributed by atoms with Crippen LogP contribution in [0.3, 0.4) is 0 Å². The lowest BCUT2D eigenvalue weighted by molar-refractivity contribution is 0.593. The van der Waals surface area contributed by atoms with Gasteiger partial charge in [-0.2, -0.15) is 0 Å². The zero-order chi connectivity index (χ0) is 12.1. The Morgan fingerprint density at radius 3 is 2.50 bits per heavy atom. The first-order valence-electron chi connectivity index (χ1n) is 4.92. The molecule has 0 aliphatic heterocycles. The summed E-state index contributed by atoms with van der Waals surface area (Å²) in [6.07, 6.45) is 6.20. The molecule has 0 saturated carbocycles. The fourth-order valence-electron chi connectivity index (χ4n) is 1.28. The van der Waals surface area contributed by atoms with Gasteiger partial charge in [-0.25, -0.2) is 0 Å². The van der Waals surface area contributed by atoms with E-state index in [0.717, 1.165) is 12.0 Å². The smallest absolute Gasteiger partial charge is 0.0686 e. The number of halogens is 3. The highest BCUT2D eigenvalue weighted by Gasteiger charge is 2.10. The lowest BCUT2D eigenvalue weighted by Gasteiger charge is -2.13. The molecule has 1 rings (SSSR count). The monoisotopic (exact) mass is 275 g/mol. The lowest BCUT2D eigenvalue weighted by Crippen LogP contribution is -2.26. The van der Waals surface area contributed by atoms with Crippen molar-refractivity contribution >= 4 is 34.8 Å². The molecule has 0 aliphatic rings. The minimum atomic E-state index is 0.0196. The van der Waals surface area contributed by atoms with Crippen LogP contribution in [0, 0.1) is 12.3 Å². The summed E-state index contributed by atoms with van der Waals surface area (Å²) in [6.45, 7) is 2.53. The van der Waals surface area contributed by atoms with E-state index in [-0.39, 0.29) is 6.04 Å². The molecule has 86 valence electrons. The van der Waals surface area contributed by atoms with Crippen molar-refractivity contribution in [1.82, 2.24) is 5.32 Å². The highest BCUT2D eigenvalue weighted by atomic mass is 35.5. The van der Waals surface area contributed by atoms with E-state index >= 15 is 0 Å². The van der Waals surface area contributed by atoms with Gasteiger partial charge in [-0.05, 0) is 18.6 Å². The second kappa shape index (κ2) is 6.37. The van der Waals surface area contributed by atoms with E-state index < -0.39 is 0 Å². The lowest BCUT2D eigenvalue weighted by atomic mass is 10.2. The number of terminal acetylenes is 1. The molecule has 0 spiro atoms. The van der Waals surface area contributed by atoms with Crippen LogP contribution in [-0.2, 0) is 6.54 Å². The number of hydrogen-bond donors (Lipinski definition) is 1. The van der Waals surface area contributed by atoms with E-state index in [1.807, 2.05) is 6.92 Å². The fourth-order valence-corrected chi connectivity index (χ4v) is 1.96. The summed E-state index contributed by atoms with van der Waals surface area (Å²) in [5.41, 5.74) is 0.782. The molecule has 1 nitrogen and oxygen atoms in total. The van der Waals surface area contributed by atoms with Crippen LogP contribution in [0.2, 0.25) is 15.1 Å².